The highest BCUT2D eigenvalue weighted by molar-refractivity contribution is 7.89. The Kier molecular flexibility index (Phi) is 8.85. The third-order valence-corrected chi connectivity index (χ3v) is 9.83. The zero-order chi connectivity index (χ0) is 29.0. The molecule has 1 aliphatic carbocycles. The molecule has 2 fully saturated rings. The molecule has 0 spiro atoms. The highest BCUT2D eigenvalue weighted by Crippen LogP contribution is 2.32. The highest BCUT2D eigenvalue weighted by Gasteiger charge is 2.41. The molecular weight excluding hydrogens is 541 g/mol. The number of aryl methyl sites for hydroxylation is 1. The number of hydrogen-bond donors (Lipinski definition) is 0. The second kappa shape index (κ2) is 12.5. The molecule has 7 nitrogen and oxygen atoms in total. The lowest BCUT2D eigenvalue weighted by molar-refractivity contribution is -0.137. The topological polar surface area (TPSA) is 78.0 Å². The van der Waals surface area contributed by atoms with E-state index in [2.05, 4.69) is 0 Å². The predicted octanol–water partition coefficient (Wildman–Crippen LogP) is 4.55. The zero-order valence-electron chi connectivity index (χ0n) is 23.3. The van der Waals surface area contributed by atoms with Crippen LogP contribution in [0.1, 0.15) is 42.4 Å². The second-order valence-corrected chi connectivity index (χ2v) is 12.9. The Hall–Kier alpha value is -3.56. The number of hydrogen-bond acceptors (Lipinski definition) is 4. The predicted molar refractivity (Wildman–Crippen MR) is 155 cm³/mol. The number of amides is 2. The van der Waals surface area contributed by atoms with E-state index < -0.39 is 10.0 Å². The molecule has 216 valence electrons. The molecule has 2 amide bonds. The molecule has 0 unspecified atom stereocenters. The lowest BCUT2D eigenvalue weighted by Gasteiger charge is -2.39. The van der Waals surface area contributed by atoms with Gasteiger partial charge in [0.25, 0.3) is 0 Å². The van der Waals surface area contributed by atoms with E-state index in [-0.39, 0.29) is 47.7 Å². The Morgan fingerprint density at radius 1 is 0.829 bits per heavy atom. The van der Waals surface area contributed by atoms with E-state index in [1.165, 1.54) is 16.4 Å². The first-order chi connectivity index (χ1) is 19.7. The van der Waals surface area contributed by atoms with Crippen molar-refractivity contribution in [3.63, 3.8) is 0 Å². The maximum Gasteiger partial charge on any atom is 0.243 e. The fourth-order valence-electron chi connectivity index (χ4n) is 5.36. The molecule has 0 aromatic heterocycles. The molecule has 0 atom stereocenters. The number of carbonyl (C=O) groups is 2. The molecule has 9 heteroatoms. The molecule has 2 aliphatic rings. The number of rotatable bonds is 10. The van der Waals surface area contributed by atoms with E-state index in [9.17, 15) is 22.4 Å². The smallest absolute Gasteiger partial charge is 0.243 e. The van der Waals surface area contributed by atoms with Gasteiger partial charge in [0.2, 0.25) is 21.8 Å². The van der Waals surface area contributed by atoms with Crippen molar-refractivity contribution in [2.24, 2.45) is 0 Å². The summed E-state index contributed by atoms with van der Waals surface area (Å²) in [7, 11) is -3.86. The number of benzene rings is 3. The number of sulfonamides is 1. The minimum atomic E-state index is -3.86. The fraction of sp³-hybridized carbons (Fsp3) is 0.375. The first-order valence-corrected chi connectivity index (χ1v) is 15.6. The third kappa shape index (κ3) is 7.21. The zero-order valence-corrected chi connectivity index (χ0v) is 24.1. The van der Waals surface area contributed by atoms with Gasteiger partial charge in [-0.3, -0.25) is 9.59 Å². The van der Waals surface area contributed by atoms with Gasteiger partial charge in [-0.15, -0.1) is 0 Å². The Bertz CT molecular complexity index is 1450. The van der Waals surface area contributed by atoms with Crippen molar-refractivity contribution in [3.8, 4) is 0 Å². The summed E-state index contributed by atoms with van der Waals surface area (Å²) in [5.41, 5.74) is 2.68. The highest BCUT2D eigenvalue weighted by atomic mass is 32.2. The van der Waals surface area contributed by atoms with Crippen molar-refractivity contribution >= 4 is 21.8 Å². The van der Waals surface area contributed by atoms with Crippen LogP contribution in [0.3, 0.4) is 0 Å². The molecule has 0 N–H and O–H groups in total. The summed E-state index contributed by atoms with van der Waals surface area (Å²) in [4.78, 5) is 30.6. The Morgan fingerprint density at radius 2 is 1.46 bits per heavy atom. The quantitative estimate of drug-likeness (QED) is 0.354. The minimum absolute atomic E-state index is 0.0511. The Morgan fingerprint density at radius 3 is 2.07 bits per heavy atom. The van der Waals surface area contributed by atoms with Gasteiger partial charge in [-0.2, -0.15) is 4.31 Å². The number of nitrogens with zero attached hydrogens (tertiary/aromatic N) is 3. The van der Waals surface area contributed by atoms with Crippen molar-refractivity contribution in [1.82, 2.24) is 14.1 Å². The van der Waals surface area contributed by atoms with E-state index in [1.807, 2.05) is 42.2 Å². The molecule has 41 heavy (non-hydrogen) atoms. The summed E-state index contributed by atoms with van der Waals surface area (Å²) in [5, 5.41) is 0. The SMILES string of the molecule is Cc1ccc(S(=O)(=O)N(CC(=O)N(Cc2ccc(F)cc2)C2CCN(C(=O)Cc3ccccc3)CC2)C2CC2)cc1. The van der Waals surface area contributed by atoms with Gasteiger partial charge in [0.15, 0.2) is 0 Å². The van der Waals surface area contributed by atoms with Crippen molar-refractivity contribution in [2.45, 2.75) is 62.6 Å². The van der Waals surface area contributed by atoms with Crippen LogP contribution >= 0.6 is 0 Å². The van der Waals surface area contributed by atoms with Gasteiger partial charge in [-0.05, 0) is 68.0 Å². The normalized spacial score (nSPS) is 16.1. The van der Waals surface area contributed by atoms with Gasteiger partial charge in [-0.1, -0.05) is 60.2 Å². The van der Waals surface area contributed by atoms with Crippen LogP contribution in [0.25, 0.3) is 0 Å². The molecule has 3 aromatic carbocycles. The van der Waals surface area contributed by atoms with Crippen LogP contribution in [0.4, 0.5) is 4.39 Å². The van der Waals surface area contributed by atoms with Crippen LogP contribution in [0.15, 0.2) is 83.8 Å². The largest absolute Gasteiger partial charge is 0.342 e. The van der Waals surface area contributed by atoms with Gasteiger partial charge >= 0.3 is 0 Å². The summed E-state index contributed by atoms with van der Waals surface area (Å²) in [6.07, 6.45) is 2.94. The second-order valence-electron chi connectivity index (χ2n) is 11.0. The lowest BCUT2D eigenvalue weighted by Crippen LogP contribution is -2.51. The van der Waals surface area contributed by atoms with E-state index in [0.29, 0.717) is 32.4 Å². The van der Waals surface area contributed by atoms with Crippen molar-refractivity contribution in [2.75, 3.05) is 19.6 Å². The molecule has 1 heterocycles. The van der Waals surface area contributed by atoms with Crippen LogP contribution in [-0.2, 0) is 32.6 Å². The molecule has 5 rings (SSSR count). The molecule has 1 saturated carbocycles. The molecule has 3 aromatic rings. The first-order valence-electron chi connectivity index (χ1n) is 14.1. The van der Waals surface area contributed by atoms with Crippen LogP contribution in [0.5, 0.6) is 0 Å². The average Bonchev–Trinajstić information content (AvgIpc) is 3.81. The molecule has 1 saturated heterocycles. The fourth-order valence-corrected chi connectivity index (χ4v) is 6.99. The summed E-state index contributed by atoms with van der Waals surface area (Å²) >= 11 is 0. The van der Waals surface area contributed by atoms with Crippen molar-refractivity contribution in [3.05, 3.63) is 101 Å². The maximum atomic E-state index is 13.9. The summed E-state index contributed by atoms with van der Waals surface area (Å²) in [5.74, 6) is -0.595. The van der Waals surface area contributed by atoms with E-state index in [0.717, 1.165) is 29.5 Å². The molecular formula is C32H36FN3O4S. The monoisotopic (exact) mass is 577 g/mol. The summed E-state index contributed by atoms with van der Waals surface area (Å²) < 4.78 is 42.1. The number of carbonyl (C=O) groups excluding carboxylic acids is 2. The summed E-state index contributed by atoms with van der Waals surface area (Å²) in [6, 6.07) is 22.0. The van der Waals surface area contributed by atoms with Gasteiger partial charge in [0.05, 0.1) is 17.9 Å². The Labute approximate surface area is 241 Å². The average molecular weight is 578 g/mol. The number of halogens is 1. The van der Waals surface area contributed by atoms with Crippen LogP contribution in [0.2, 0.25) is 0 Å². The molecule has 0 bridgehead atoms. The minimum Gasteiger partial charge on any atom is -0.342 e. The van der Waals surface area contributed by atoms with Gasteiger partial charge in [0, 0.05) is 31.7 Å². The lowest BCUT2D eigenvalue weighted by atomic mass is 10.0. The van der Waals surface area contributed by atoms with Gasteiger partial charge in [-0.25, -0.2) is 12.8 Å². The first kappa shape index (κ1) is 29.0. The van der Waals surface area contributed by atoms with E-state index in [1.54, 1.807) is 41.3 Å². The maximum absolute atomic E-state index is 13.9. The van der Waals surface area contributed by atoms with Crippen LogP contribution in [0, 0.1) is 12.7 Å². The summed E-state index contributed by atoms with van der Waals surface area (Å²) in [6.45, 7) is 2.90. The molecule has 1 aliphatic heterocycles. The van der Waals surface area contributed by atoms with Gasteiger partial charge in [0.1, 0.15) is 5.82 Å². The third-order valence-electron chi connectivity index (χ3n) is 7.92. The van der Waals surface area contributed by atoms with Gasteiger partial charge < -0.3 is 9.80 Å². The van der Waals surface area contributed by atoms with Crippen LogP contribution in [-0.4, -0.2) is 66.1 Å². The standard InChI is InChI=1S/C32H36FN3O4S/c1-24-7-15-30(16-8-24)41(39,40)36(29-13-14-29)23-32(38)35(22-26-9-11-27(33)12-10-26)28-17-19-34(20-18-28)31(37)21-25-5-3-2-4-6-25/h2-12,15-16,28-29H,13-14,17-23H2,1H3. The van der Waals surface area contributed by atoms with Crippen molar-refractivity contribution < 1.29 is 22.4 Å². The van der Waals surface area contributed by atoms with Crippen LogP contribution < -0.4 is 0 Å². The van der Waals surface area contributed by atoms with Crippen molar-refractivity contribution in [1.29, 1.82) is 0 Å². The van der Waals surface area contributed by atoms with E-state index in [4.69, 9.17) is 0 Å². The molecule has 0 radical (unpaired) electrons. The Balaban J connectivity index is 1.32. The number of likely N-dealkylation sites (tertiary alicyclic amines) is 1. The van der Waals surface area contributed by atoms with E-state index >= 15 is 0 Å². The number of piperidine rings is 1.